The summed E-state index contributed by atoms with van der Waals surface area (Å²) in [5, 5.41) is 0. The van der Waals surface area contributed by atoms with Gasteiger partial charge < -0.3 is 9.64 Å². The summed E-state index contributed by atoms with van der Waals surface area (Å²) in [4.78, 5) is 23.7. The van der Waals surface area contributed by atoms with Crippen LogP contribution in [0.5, 0.6) is 5.75 Å². The van der Waals surface area contributed by atoms with E-state index in [1.165, 1.54) is 12.4 Å². The lowest BCUT2D eigenvalue weighted by atomic mass is 10.1. The second kappa shape index (κ2) is 8.14. The van der Waals surface area contributed by atoms with Crippen molar-refractivity contribution < 1.29 is 22.7 Å². The molecule has 6 nitrogen and oxygen atoms in total. The Labute approximate surface area is 160 Å². The summed E-state index contributed by atoms with van der Waals surface area (Å²) in [6, 6.07) is 2.50. The molecule has 0 spiro atoms. The largest absolute Gasteiger partial charge is 0.416 e. The zero-order valence-electron chi connectivity index (χ0n) is 15.6. The number of hydrogen-bond acceptors (Lipinski definition) is 5. The maximum absolute atomic E-state index is 13.2. The van der Waals surface area contributed by atoms with Crippen molar-refractivity contribution in [1.29, 1.82) is 0 Å². The lowest BCUT2D eigenvalue weighted by Crippen LogP contribution is -2.54. The Kier molecular flexibility index (Phi) is 5.83. The van der Waals surface area contributed by atoms with E-state index in [4.69, 9.17) is 4.74 Å². The average Bonchev–Trinajstić information content (AvgIpc) is 2.61. The van der Waals surface area contributed by atoms with Crippen molar-refractivity contribution in [3.05, 3.63) is 53.6 Å². The summed E-state index contributed by atoms with van der Waals surface area (Å²) >= 11 is 0. The molecule has 0 radical (unpaired) electrons. The van der Waals surface area contributed by atoms with Gasteiger partial charge in [0.05, 0.1) is 11.8 Å². The molecule has 150 valence electrons. The minimum atomic E-state index is -4.42. The third-order valence-corrected chi connectivity index (χ3v) is 4.60. The maximum Gasteiger partial charge on any atom is 0.416 e. The van der Waals surface area contributed by atoms with E-state index in [1.54, 1.807) is 17.2 Å². The first-order valence-corrected chi connectivity index (χ1v) is 8.86. The molecule has 28 heavy (non-hydrogen) atoms. The predicted molar refractivity (Wildman–Crippen MR) is 95.7 cm³/mol. The van der Waals surface area contributed by atoms with Gasteiger partial charge in [-0.05, 0) is 37.1 Å². The SMILES string of the molecule is Cc1cncc(OC(=O)N2CCN(Cc3cnccc3C(F)(F)F)C[C@H]2C)c1. The number of alkyl halides is 3. The number of halogens is 3. The van der Waals surface area contributed by atoms with Gasteiger partial charge in [-0.1, -0.05) is 0 Å². The van der Waals surface area contributed by atoms with Gasteiger partial charge in [0.15, 0.2) is 5.75 Å². The van der Waals surface area contributed by atoms with E-state index >= 15 is 0 Å². The van der Waals surface area contributed by atoms with Crippen molar-refractivity contribution in [2.45, 2.75) is 32.6 Å². The van der Waals surface area contributed by atoms with Crippen LogP contribution >= 0.6 is 0 Å². The number of nitrogens with zero attached hydrogens (tertiary/aromatic N) is 4. The third-order valence-electron chi connectivity index (χ3n) is 4.60. The summed E-state index contributed by atoms with van der Waals surface area (Å²) in [5.74, 6) is 0.366. The van der Waals surface area contributed by atoms with E-state index < -0.39 is 17.8 Å². The molecule has 1 saturated heterocycles. The van der Waals surface area contributed by atoms with Crippen molar-refractivity contribution in [1.82, 2.24) is 19.8 Å². The molecule has 1 amide bonds. The van der Waals surface area contributed by atoms with Crippen LogP contribution in [0.15, 0.2) is 36.9 Å². The smallest absolute Gasteiger partial charge is 0.409 e. The van der Waals surface area contributed by atoms with Crippen molar-refractivity contribution in [2.24, 2.45) is 0 Å². The lowest BCUT2D eigenvalue weighted by Gasteiger charge is -2.39. The Morgan fingerprint density at radius 3 is 2.71 bits per heavy atom. The van der Waals surface area contributed by atoms with Crippen LogP contribution in [0.2, 0.25) is 0 Å². The van der Waals surface area contributed by atoms with Crippen molar-refractivity contribution in [3.8, 4) is 5.75 Å². The molecular weight excluding hydrogens is 373 g/mol. The minimum absolute atomic E-state index is 0.123. The molecule has 3 heterocycles. The third kappa shape index (κ3) is 4.78. The molecule has 0 N–H and O–H groups in total. The highest BCUT2D eigenvalue weighted by atomic mass is 19.4. The second-order valence-electron chi connectivity index (χ2n) is 6.87. The van der Waals surface area contributed by atoms with Gasteiger partial charge in [-0.3, -0.25) is 14.9 Å². The lowest BCUT2D eigenvalue weighted by molar-refractivity contribution is -0.138. The number of carbonyl (C=O) groups excluding carboxylic acids is 1. The van der Waals surface area contributed by atoms with Crippen LogP contribution < -0.4 is 4.74 Å². The van der Waals surface area contributed by atoms with Crippen molar-refractivity contribution in [3.63, 3.8) is 0 Å². The first-order chi connectivity index (χ1) is 13.2. The van der Waals surface area contributed by atoms with Crippen molar-refractivity contribution >= 4 is 6.09 Å². The monoisotopic (exact) mass is 394 g/mol. The number of amides is 1. The average molecular weight is 394 g/mol. The van der Waals surface area contributed by atoms with Crippen LogP contribution in [0.1, 0.15) is 23.6 Å². The van der Waals surface area contributed by atoms with E-state index in [1.807, 2.05) is 18.7 Å². The number of aryl methyl sites for hydroxylation is 1. The molecule has 0 aromatic carbocycles. The van der Waals surface area contributed by atoms with Gasteiger partial charge in [0.25, 0.3) is 0 Å². The van der Waals surface area contributed by atoms with E-state index in [0.717, 1.165) is 17.8 Å². The molecule has 0 aliphatic carbocycles. The standard InChI is InChI=1S/C19H21F3N4O2/c1-13-7-16(10-24-8-13)28-18(27)26-6-5-25(11-14(26)2)12-15-9-23-4-3-17(15)19(20,21)22/h3-4,7-10,14H,5-6,11-12H2,1-2H3/t14-/m1/s1. The van der Waals surface area contributed by atoms with Crippen molar-refractivity contribution in [2.75, 3.05) is 19.6 Å². The molecule has 1 atom stereocenters. The molecule has 0 unspecified atom stereocenters. The Hall–Kier alpha value is -2.68. The molecule has 0 saturated carbocycles. The van der Waals surface area contributed by atoms with Crippen LogP contribution in [-0.2, 0) is 12.7 Å². The summed E-state index contributed by atoms with van der Waals surface area (Å²) in [5.41, 5.74) is 0.327. The highest BCUT2D eigenvalue weighted by molar-refractivity contribution is 5.71. The van der Waals surface area contributed by atoms with E-state index in [0.29, 0.717) is 25.4 Å². The zero-order valence-corrected chi connectivity index (χ0v) is 15.6. The Morgan fingerprint density at radius 1 is 1.25 bits per heavy atom. The summed E-state index contributed by atoms with van der Waals surface area (Å²) in [6.07, 6.45) is 0.607. The predicted octanol–water partition coefficient (Wildman–Crippen LogP) is 3.51. The molecule has 2 aromatic heterocycles. The highest BCUT2D eigenvalue weighted by Gasteiger charge is 2.35. The number of piperazine rings is 1. The van der Waals surface area contributed by atoms with Gasteiger partial charge in [-0.25, -0.2) is 4.79 Å². The molecule has 9 heteroatoms. The molecule has 3 rings (SSSR count). The van der Waals surface area contributed by atoms with Crippen LogP contribution in [0, 0.1) is 6.92 Å². The fraction of sp³-hybridized carbons (Fsp3) is 0.421. The number of pyridine rings is 2. The zero-order chi connectivity index (χ0) is 20.3. The summed E-state index contributed by atoms with van der Waals surface area (Å²) in [7, 11) is 0. The quantitative estimate of drug-likeness (QED) is 0.798. The number of ether oxygens (including phenoxy) is 1. The molecule has 1 aliphatic rings. The Morgan fingerprint density at radius 2 is 2.04 bits per heavy atom. The van der Waals surface area contributed by atoms with Gasteiger partial charge in [0.2, 0.25) is 0 Å². The number of carbonyl (C=O) groups is 1. The highest BCUT2D eigenvalue weighted by Crippen LogP contribution is 2.32. The van der Waals surface area contributed by atoms with Gasteiger partial charge in [0.1, 0.15) is 0 Å². The molecule has 0 bridgehead atoms. The van der Waals surface area contributed by atoms with Crippen LogP contribution in [0.3, 0.4) is 0 Å². The summed E-state index contributed by atoms with van der Waals surface area (Å²) < 4.78 is 44.9. The fourth-order valence-corrected chi connectivity index (χ4v) is 3.26. The number of rotatable bonds is 3. The number of hydrogen-bond donors (Lipinski definition) is 0. The van der Waals surface area contributed by atoms with Gasteiger partial charge in [-0.2, -0.15) is 13.2 Å². The molecule has 2 aromatic rings. The van der Waals surface area contributed by atoms with Crippen LogP contribution in [-0.4, -0.2) is 51.5 Å². The minimum Gasteiger partial charge on any atom is -0.409 e. The fourth-order valence-electron chi connectivity index (χ4n) is 3.26. The normalized spacial score (nSPS) is 18.2. The van der Waals surface area contributed by atoms with E-state index in [2.05, 4.69) is 9.97 Å². The van der Waals surface area contributed by atoms with Crippen LogP contribution in [0.25, 0.3) is 0 Å². The van der Waals surface area contributed by atoms with Crippen LogP contribution in [0.4, 0.5) is 18.0 Å². The topological polar surface area (TPSA) is 58.6 Å². The maximum atomic E-state index is 13.2. The van der Waals surface area contributed by atoms with E-state index in [-0.39, 0.29) is 18.2 Å². The van der Waals surface area contributed by atoms with E-state index in [9.17, 15) is 18.0 Å². The van der Waals surface area contributed by atoms with Gasteiger partial charge in [0, 0.05) is 50.8 Å². The number of aromatic nitrogens is 2. The Balaban J connectivity index is 1.62. The molecule has 1 fully saturated rings. The molecular formula is C19H21F3N4O2. The second-order valence-corrected chi connectivity index (χ2v) is 6.87. The van der Waals surface area contributed by atoms with Gasteiger partial charge >= 0.3 is 12.3 Å². The van der Waals surface area contributed by atoms with Gasteiger partial charge in [-0.15, -0.1) is 0 Å². The Bertz CT molecular complexity index is 844. The summed E-state index contributed by atoms with van der Waals surface area (Å²) in [6.45, 7) is 5.05. The first kappa shape index (κ1) is 20.1. The first-order valence-electron chi connectivity index (χ1n) is 8.86. The molecule has 1 aliphatic heterocycles.